The highest BCUT2D eigenvalue weighted by molar-refractivity contribution is 6.06. The van der Waals surface area contributed by atoms with Crippen LogP contribution in [0, 0.1) is 13.8 Å². The van der Waals surface area contributed by atoms with Gasteiger partial charge in [-0.25, -0.2) is 4.68 Å². The van der Waals surface area contributed by atoms with E-state index in [2.05, 4.69) is 22.5 Å². The van der Waals surface area contributed by atoms with E-state index in [9.17, 15) is 4.79 Å². The average molecular weight is 367 g/mol. The number of anilines is 1. The maximum absolute atomic E-state index is 12.9. The SMILES string of the molecule is Cc1nn(-c2ccccc2)c(C)c1C(=O)Nc1ccc(-c2ccccc2)cc1. The molecule has 0 aliphatic rings. The molecule has 0 bridgehead atoms. The minimum atomic E-state index is -0.148. The second-order valence-electron chi connectivity index (χ2n) is 6.69. The van der Waals surface area contributed by atoms with Gasteiger partial charge in [0.05, 0.1) is 22.6 Å². The number of carbonyl (C=O) groups is 1. The molecule has 1 amide bonds. The first-order chi connectivity index (χ1) is 13.6. The summed E-state index contributed by atoms with van der Waals surface area (Å²) in [4.78, 5) is 12.9. The van der Waals surface area contributed by atoms with Gasteiger partial charge in [-0.1, -0.05) is 60.7 Å². The second-order valence-corrected chi connectivity index (χ2v) is 6.69. The number of aryl methyl sites for hydroxylation is 1. The van der Waals surface area contributed by atoms with E-state index in [1.807, 2.05) is 91.3 Å². The lowest BCUT2D eigenvalue weighted by Crippen LogP contribution is -2.14. The Labute approximate surface area is 164 Å². The summed E-state index contributed by atoms with van der Waals surface area (Å²) in [6.07, 6.45) is 0. The number of carbonyl (C=O) groups excluding carboxylic acids is 1. The molecule has 4 nitrogen and oxygen atoms in total. The number of aromatic nitrogens is 2. The zero-order chi connectivity index (χ0) is 19.5. The molecule has 0 saturated carbocycles. The van der Waals surface area contributed by atoms with E-state index in [0.717, 1.165) is 28.2 Å². The molecular formula is C24H21N3O. The Hall–Kier alpha value is -3.66. The molecule has 4 rings (SSSR count). The van der Waals surface area contributed by atoms with Crippen molar-refractivity contribution in [3.8, 4) is 16.8 Å². The van der Waals surface area contributed by atoms with Gasteiger partial charge in [0.15, 0.2) is 0 Å². The fourth-order valence-corrected chi connectivity index (χ4v) is 3.36. The first-order valence-electron chi connectivity index (χ1n) is 9.22. The summed E-state index contributed by atoms with van der Waals surface area (Å²) in [5, 5.41) is 7.54. The van der Waals surface area contributed by atoms with Crippen LogP contribution in [-0.4, -0.2) is 15.7 Å². The molecule has 0 atom stereocenters. The molecule has 0 unspecified atom stereocenters. The highest BCUT2D eigenvalue weighted by atomic mass is 16.1. The Morgan fingerprint density at radius 1 is 0.786 bits per heavy atom. The zero-order valence-corrected chi connectivity index (χ0v) is 15.9. The highest BCUT2D eigenvalue weighted by Gasteiger charge is 2.19. The van der Waals surface area contributed by atoms with Crippen LogP contribution in [-0.2, 0) is 0 Å². The van der Waals surface area contributed by atoms with Crippen molar-refractivity contribution in [1.82, 2.24) is 9.78 Å². The number of benzene rings is 3. The Kier molecular flexibility index (Phi) is 4.77. The van der Waals surface area contributed by atoms with Crippen LogP contribution in [0.25, 0.3) is 16.8 Å². The smallest absolute Gasteiger partial charge is 0.259 e. The molecule has 1 aromatic heterocycles. The van der Waals surface area contributed by atoms with E-state index in [1.54, 1.807) is 0 Å². The predicted molar refractivity (Wildman–Crippen MR) is 113 cm³/mol. The van der Waals surface area contributed by atoms with E-state index in [1.165, 1.54) is 0 Å². The standard InChI is InChI=1S/C24H21N3O/c1-17-23(18(2)27(26-17)22-11-7-4-8-12-22)24(28)25-21-15-13-20(14-16-21)19-9-5-3-6-10-19/h3-16H,1-2H3,(H,25,28). The molecule has 0 radical (unpaired) electrons. The Bertz CT molecular complexity index is 1100. The van der Waals surface area contributed by atoms with E-state index in [-0.39, 0.29) is 5.91 Å². The summed E-state index contributed by atoms with van der Waals surface area (Å²) in [6, 6.07) is 27.9. The van der Waals surface area contributed by atoms with Crippen molar-refractivity contribution in [1.29, 1.82) is 0 Å². The third-order valence-corrected chi connectivity index (χ3v) is 4.77. The van der Waals surface area contributed by atoms with Crippen molar-refractivity contribution >= 4 is 11.6 Å². The number of para-hydroxylation sites is 1. The van der Waals surface area contributed by atoms with E-state index < -0.39 is 0 Å². The van der Waals surface area contributed by atoms with Crippen molar-refractivity contribution in [2.45, 2.75) is 13.8 Å². The Morgan fingerprint density at radius 2 is 1.36 bits per heavy atom. The van der Waals surface area contributed by atoms with Crippen LogP contribution in [0.5, 0.6) is 0 Å². The molecular weight excluding hydrogens is 346 g/mol. The van der Waals surface area contributed by atoms with Crippen LogP contribution in [0.15, 0.2) is 84.9 Å². The quantitative estimate of drug-likeness (QED) is 0.524. The fourth-order valence-electron chi connectivity index (χ4n) is 3.36. The molecule has 1 N–H and O–H groups in total. The third-order valence-electron chi connectivity index (χ3n) is 4.77. The Morgan fingerprint density at radius 3 is 2.00 bits per heavy atom. The summed E-state index contributed by atoms with van der Waals surface area (Å²) >= 11 is 0. The van der Waals surface area contributed by atoms with Gasteiger partial charge < -0.3 is 5.32 Å². The number of hydrogen-bond donors (Lipinski definition) is 1. The van der Waals surface area contributed by atoms with Crippen molar-refractivity contribution in [3.63, 3.8) is 0 Å². The average Bonchev–Trinajstić information content (AvgIpc) is 3.04. The van der Waals surface area contributed by atoms with Crippen LogP contribution in [0.3, 0.4) is 0 Å². The van der Waals surface area contributed by atoms with Crippen LogP contribution in [0.1, 0.15) is 21.7 Å². The summed E-state index contributed by atoms with van der Waals surface area (Å²) < 4.78 is 1.81. The normalized spacial score (nSPS) is 10.6. The van der Waals surface area contributed by atoms with Crippen molar-refractivity contribution in [2.24, 2.45) is 0 Å². The van der Waals surface area contributed by atoms with Gasteiger partial charge in [0.1, 0.15) is 0 Å². The van der Waals surface area contributed by atoms with Crippen LogP contribution >= 0.6 is 0 Å². The van der Waals surface area contributed by atoms with Gasteiger partial charge >= 0.3 is 0 Å². The first kappa shape index (κ1) is 17.7. The fraction of sp³-hybridized carbons (Fsp3) is 0.0833. The first-order valence-corrected chi connectivity index (χ1v) is 9.22. The number of nitrogens with zero attached hydrogens (tertiary/aromatic N) is 2. The van der Waals surface area contributed by atoms with Gasteiger partial charge in [-0.3, -0.25) is 4.79 Å². The molecule has 1 heterocycles. The molecule has 0 fully saturated rings. The summed E-state index contributed by atoms with van der Waals surface area (Å²) in [7, 11) is 0. The van der Waals surface area contributed by atoms with Crippen molar-refractivity contribution in [3.05, 3.63) is 102 Å². The van der Waals surface area contributed by atoms with Gasteiger partial charge in [0, 0.05) is 5.69 Å². The molecule has 0 aliphatic carbocycles. The van der Waals surface area contributed by atoms with E-state index >= 15 is 0 Å². The molecule has 3 aromatic carbocycles. The van der Waals surface area contributed by atoms with E-state index in [0.29, 0.717) is 11.3 Å². The number of amides is 1. The summed E-state index contributed by atoms with van der Waals surface area (Å²) in [6.45, 7) is 3.78. The maximum atomic E-state index is 12.9. The van der Waals surface area contributed by atoms with Crippen molar-refractivity contribution < 1.29 is 4.79 Å². The maximum Gasteiger partial charge on any atom is 0.259 e. The Balaban J connectivity index is 1.57. The van der Waals surface area contributed by atoms with Gasteiger partial charge in [0.2, 0.25) is 0 Å². The minimum absolute atomic E-state index is 0.148. The lowest BCUT2D eigenvalue weighted by molar-refractivity contribution is 0.102. The largest absolute Gasteiger partial charge is 0.322 e. The molecule has 0 aliphatic heterocycles. The highest BCUT2D eigenvalue weighted by Crippen LogP contribution is 2.23. The summed E-state index contributed by atoms with van der Waals surface area (Å²) in [5.74, 6) is -0.148. The van der Waals surface area contributed by atoms with Gasteiger partial charge in [0.25, 0.3) is 5.91 Å². The predicted octanol–water partition coefficient (Wildman–Crippen LogP) is 5.41. The number of nitrogens with one attached hydrogen (secondary N) is 1. The zero-order valence-electron chi connectivity index (χ0n) is 15.9. The lowest BCUT2D eigenvalue weighted by atomic mass is 10.1. The molecule has 0 spiro atoms. The second kappa shape index (κ2) is 7.53. The molecule has 4 aromatic rings. The molecule has 4 heteroatoms. The molecule has 28 heavy (non-hydrogen) atoms. The van der Waals surface area contributed by atoms with Gasteiger partial charge in [-0.15, -0.1) is 0 Å². The van der Waals surface area contributed by atoms with Gasteiger partial charge in [-0.2, -0.15) is 5.10 Å². The molecule has 138 valence electrons. The van der Waals surface area contributed by atoms with E-state index in [4.69, 9.17) is 0 Å². The lowest BCUT2D eigenvalue weighted by Gasteiger charge is -2.08. The molecule has 0 saturated heterocycles. The van der Waals surface area contributed by atoms with Crippen LogP contribution in [0.2, 0.25) is 0 Å². The van der Waals surface area contributed by atoms with Gasteiger partial charge in [-0.05, 0) is 49.2 Å². The topological polar surface area (TPSA) is 46.9 Å². The van der Waals surface area contributed by atoms with Crippen molar-refractivity contribution in [2.75, 3.05) is 5.32 Å². The van der Waals surface area contributed by atoms with Crippen LogP contribution in [0.4, 0.5) is 5.69 Å². The minimum Gasteiger partial charge on any atom is -0.322 e. The van der Waals surface area contributed by atoms with Crippen LogP contribution < -0.4 is 5.32 Å². The summed E-state index contributed by atoms with van der Waals surface area (Å²) in [5.41, 5.74) is 6.10. The number of rotatable bonds is 4. The number of hydrogen-bond acceptors (Lipinski definition) is 2. The third kappa shape index (κ3) is 3.45. The monoisotopic (exact) mass is 367 g/mol.